The molecule has 0 aliphatic carbocycles. The van der Waals surface area contributed by atoms with Gasteiger partial charge in [0.05, 0.1) is 0 Å². The average Bonchev–Trinajstić information content (AvgIpc) is 2.17. The van der Waals surface area contributed by atoms with Crippen molar-refractivity contribution in [3.63, 3.8) is 0 Å². The van der Waals surface area contributed by atoms with E-state index >= 15 is 0 Å². The number of carboxylic acids is 1. The highest BCUT2D eigenvalue weighted by Gasteiger charge is 2.14. The van der Waals surface area contributed by atoms with E-state index in [2.05, 4.69) is 0 Å². The third-order valence-electron chi connectivity index (χ3n) is 1.60. The first-order valence-corrected chi connectivity index (χ1v) is 4.98. The first-order chi connectivity index (χ1) is 6.13. The second-order valence-corrected chi connectivity index (χ2v) is 4.30. The van der Waals surface area contributed by atoms with Gasteiger partial charge in [0.1, 0.15) is 13.1 Å². The van der Waals surface area contributed by atoms with Crippen LogP contribution in [0.3, 0.4) is 0 Å². The van der Waals surface area contributed by atoms with Crippen LogP contribution in [0, 0.1) is 0 Å². The molecule has 0 aliphatic heterocycles. The Morgan fingerprint density at radius 2 is 1.92 bits per heavy atom. The van der Waals surface area contributed by atoms with Gasteiger partial charge in [-0.2, -0.15) is 0 Å². The van der Waals surface area contributed by atoms with Crippen molar-refractivity contribution >= 4 is 24.3 Å². The maximum absolute atomic E-state index is 11.5. The van der Waals surface area contributed by atoms with E-state index in [4.69, 9.17) is 5.11 Å². The molecule has 1 N–H and O–H groups in total. The summed E-state index contributed by atoms with van der Waals surface area (Å²) < 4.78 is 0. The summed E-state index contributed by atoms with van der Waals surface area (Å²) in [6.07, 6.45) is 0. The maximum Gasteiger partial charge on any atom is 0.374 e. The quantitative estimate of drug-likeness (QED) is 0.694. The van der Waals surface area contributed by atoms with E-state index in [0.717, 1.165) is 0 Å². The first kappa shape index (κ1) is 9.90. The molecule has 13 heavy (non-hydrogen) atoms. The molecule has 0 amide bonds. The van der Waals surface area contributed by atoms with Gasteiger partial charge >= 0.3 is 5.97 Å². The smallest absolute Gasteiger partial charge is 0.374 e. The molecule has 0 fully saturated rings. The summed E-state index contributed by atoms with van der Waals surface area (Å²) >= 11 is 0. The van der Waals surface area contributed by atoms with Crippen molar-refractivity contribution in [1.82, 2.24) is 0 Å². The standard InChI is InChI=1S/C9H9O3P/c1-7(9(10)11)13(12)8-5-3-2-4-6-8/h2-6H,1H3,(H,10,11). The van der Waals surface area contributed by atoms with Crippen molar-refractivity contribution in [2.75, 3.05) is 0 Å². The van der Waals surface area contributed by atoms with E-state index in [1.165, 1.54) is 6.92 Å². The Morgan fingerprint density at radius 3 is 2.38 bits per heavy atom. The SMILES string of the molecule is C/C(C(=O)O)=[P+](/[O-])c1ccccc1. The highest BCUT2D eigenvalue weighted by atomic mass is 31.1. The minimum absolute atomic E-state index is 0.0128. The van der Waals surface area contributed by atoms with Gasteiger partial charge in [0.2, 0.25) is 5.29 Å². The number of benzene rings is 1. The Bertz CT molecular complexity index is 343. The van der Waals surface area contributed by atoms with Gasteiger partial charge in [-0.25, -0.2) is 4.79 Å². The van der Waals surface area contributed by atoms with E-state index in [1.807, 2.05) is 0 Å². The van der Waals surface area contributed by atoms with Crippen molar-refractivity contribution in [1.29, 1.82) is 0 Å². The first-order valence-electron chi connectivity index (χ1n) is 3.72. The number of carbonyl (C=O) groups is 1. The monoisotopic (exact) mass is 196 g/mol. The van der Waals surface area contributed by atoms with Crippen LogP contribution in [0.5, 0.6) is 0 Å². The predicted octanol–water partition coefficient (Wildman–Crippen LogP) is 0.346. The second kappa shape index (κ2) is 4.17. The van der Waals surface area contributed by atoms with E-state index in [0.29, 0.717) is 5.30 Å². The van der Waals surface area contributed by atoms with E-state index in [1.54, 1.807) is 30.3 Å². The third kappa shape index (κ3) is 2.38. The summed E-state index contributed by atoms with van der Waals surface area (Å²) in [6.45, 7) is 1.37. The van der Waals surface area contributed by atoms with Crippen molar-refractivity contribution in [3.05, 3.63) is 30.3 Å². The molecule has 0 radical (unpaired) electrons. The van der Waals surface area contributed by atoms with Gasteiger partial charge in [0.15, 0.2) is 0 Å². The van der Waals surface area contributed by atoms with Crippen LogP contribution in [0.15, 0.2) is 30.3 Å². The molecule has 0 aromatic heterocycles. The molecule has 0 saturated heterocycles. The molecule has 0 spiro atoms. The van der Waals surface area contributed by atoms with Crippen molar-refractivity contribution < 1.29 is 14.8 Å². The lowest BCUT2D eigenvalue weighted by atomic mass is 10.4. The van der Waals surface area contributed by atoms with Gasteiger partial charge < -0.3 is 10.00 Å². The van der Waals surface area contributed by atoms with Gasteiger partial charge in [-0.15, -0.1) is 0 Å². The molecular formula is C9H9O3P. The normalized spacial score (nSPS) is 12.2. The Labute approximate surface area is 77.1 Å². The number of rotatable bonds is 2. The number of carboxylic acid groups (broad SMARTS) is 1. The summed E-state index contributed by atoms with van der Waals surface area (Å²) in [4.78, 5) is 22.0. The molecule has 1 atom stereocenters. The van der Waals surface area contributed by atoms with Crippen molar-refractivity contribution in [3.8, 4) is 0 Å². The Hall–Kier alpha value is -1.18. The van der Waals surface area contributed by atoms with Gasteiger partial charge in [0.25, 0.3) is 0 Å². The zero-order valence-electron chi connectivity index (χ0n) is 7.10. The van der Waals surface area contributed by atoms with Gasteiger partial charge in [0, 0.05) is 6.92 Å². The number of hydrogen-bond acceptors (Lipinski definition) is 2. The van der Waals surface area contributed by atoms with E-state index in [9.17, 15) is 9.69 Å². The van der Waals surface area contributed by atoms with Crippen LogP contribution in [-0.4, -0.2) is 16.4 Å². The Morgan fingerprint density at radius 1 is 1.38 bits per heavy atom. The van der Waals surface area contributed by atoms with Crippen molar-refractivity contribution in [2.45, 2.75) is 6.92 Å². The summed E-state index contributed by atoms with van der Waals surface area (Å²) in [5.74, 6) is -1.11. The summed E-state index contributed by atoms with van der Waals surface area (Å²) in [7, 11) is -1.91. The van der Waals surface area contributed by atoms with Crippen molar-refractivity contribution in [2.24, 2.45) is 0 Å². The lowest BCUT2D eigenvalue weighted by molar-refractivity contribution is -0.150. The molecule has 4 heteroatoms. The lowest BCUT2D eigenvalue weighted by Crippen LogP contribution is -2.16. The summed E-state index contributed by atoms with van der Waals surface area (Å²) in [6, 6.07) is 8.58. The fourth-order valence-electron chi connectivity index (χ4n) is 0.844. The van der Waals surface area contributed by atoms with Crippen LogP contribution in [0.25, 0.3) is 0 Å². The molecule has 0 saturated carbocycles. The maximum atomic E-state index is 11.5. The molecular weight excluding hydrogens is 187 g/mol. The second-order valence-electron chi connectivity index (χ2n) is 2.52. The highest BCUT2D eigenvalue weighted by Crippen LogP contribution is 2.12. The molecule has 0 aliphatic rings. The van der Waals surface area contributed by atoms with Gasteiger partial charge in [-0.3, -0.25) is 0 Å². The summed E-state index contributed by atoms with van der Waals surface area (Å²) in [5, 5.41) is 9.13. The zero-order chi connectivity index (χ0) is 9.84. The van der Waals surface area contributed by atoms with Crippen LogP contribution in [0.1, 0.15) is 6.92 Å². The summed E-state index contributed by atoms with van der Waals surface area (Å²) in [5.41, 5.74) is 0. The molecule has 1 aromatic carbocycles. The van der Waals surface area contributed by atoms with Crippen LogP contribution >= 0.6 is 7.77 Å². The van der Waals surface area contributed by atoms with E-state index < -0.39 is 13.7 Å². The lowest BCUT2D eigenvalue weighted by Gasteiger charge is -1.98. The predicted molar refractivity (Wildman–Crippen MR) is 51.3 cm³/mol. The average molecular weight is 196 g/mol. The minimum atomic E-state index is -1.91. The fourth-order valence-corrected chi connectivity index (χ4v) is 1.85. The van der Waals surface area contributed by atoms with E-state index in [-0.39, 0.29) is 5.29 Å². The molecule has 1 rings (SSSR count). The molecule has 1 unspecified atom stereocenters. The fraction of sp³-hybridized carbons (Fsp3) is 0.111. The highest BCUT2D eigenvalue weighted by molar-refractivity contribution is 7.61. The Balaban J connectivity index is 3.11. The molecule has 3 nitrogen and oxygen atoms in total. The minimum Gasteiger partial charge on any atom is -0.625 e. The van der Waals surface area contributed by atoms with Crippen LogP contribution < -0.4 is 10.2 Å². The topological polar surface area (TPSA) is 60.4 Å². The Kier molecular flexibility index (Phi) is 3.18. The third-order valence-corrected chi connectivity index (χ3v) is 3.17. The number of aliphatic carboxylic acids is 1. The molecule has 0 bridgehead atoms. The largest absolute Gasteiger partial charge is 0.625 e. The van der Waals surface area contributed by atoms with Gasteiger partial charge in [-0.05, 0) is 12.1 Å². The molecule has 0 heterocycles. The van der Waals surface area contributed by atoms with Gasteiger partial charge in [-0.1, -0.05) is 18.2 Å². The van der Waals surface area contributed by atoms with Crippen LogP contribution in [-0.2, 0) is 4.79 Å². The van der Waals surface area contributed by atoms with Crippen LogP contribution in [0.2, 0.25) is 0 Å². The molecule has 68 valence electrons. The number of hydrogen-bond donors (Lipinski definition) is 1. The zero-order valence-corrected chi connectivity index (χ0v) is 7.99. The molecule has 1 aromatic rings. The van der Waals surface area contributed by atoms with Crippen LogP contribution in [0.4, 0.5) is 0 Å².